The Morgan fingerprint density at radius 3 is 2.35 bits per heavy atom. The first kappa shape index (κ1) is 15.3. The predicted molar refractivity (Wildman–Crippen MR) is 75.4 cm³/mol. The number of carbonyl (C=O) groups is 2. The molecule has 1 aliphatic heterocycles. The van der Waals surface area contributed by atoms with Crippen molar-refractivity contribution in [2.45, 2.75) is 57.8 Å². The summed E-state index contributed by atoms with van der Waals surface area (Å²) in [6.07, 6.45) is 4.59. The highest BCUT2D eigenvalue weighted by atomic mass is 16.5. The summed E-state index contributed by atoms with van der Waals surface area (Å²) in [6, 6.07) is -0.137. The van der Waals surface area contributed by atoms with Gasteiger partial charge in [0.1, 0.15) is 0 Å². The number of imide groups is 1. The highest BCUT2D eigenvalue weighted by Crippen LogP contribution is 2.17. The molecule has 6 nitrogen and oxygen atoms in total. The molecule has 0 spiro atoms. The number of carbonyl (C=O) groups excluding carboxylic acids is 2. The summed E-state index contributed by atoms with van der Waals surface area (Å²) >= 11 is 0. The van der Waals surface area contributed by atoms with E-state index in [0.717, 1.165) is 38.8 Å². The van der Waals surface area contributed by atoms with Crippen LogP contribution in [0.5, 0.6) is 0 Å². The van der Waals surface area contributed by atoms with E-state index in [-0.39, 0.29) is 36.7 Å². The van der Waals surface area contributed by atoms with Crippen LogP contribution in [0.15, 0.2) is 0 Å². The molecule has 0 aromatic carbocycles. The van der Waals surface area contributed by atoms with Gasteiger partial charge in [-0.05, 0) is 26.7 Å². The molecule has 1 saturated carbocycles. The van der Waals surface area contributed by atoms with Gasteiger partial charge in [0, 0.05) is 19.1 Å². The maximum atomic E-state index is 11.9. The van der Waals surface area contributed by atoms with E-state index in [4.69, 9.17) is 4.74 Å². The second-order valence-electron chi connectivity index (χ2n) is 5.95. The number of ether oxygens (including phenoxy) is 1. The van der Waals surface area contributed by atoms with E-state index in [1.807, 2.05) is 18.7 Å². The van der Waals surface area contributed by atoms with Gasteiger partial charge in [0.15, 0.2) is 0 Å². The minimum atomic E-state index is -0.365. The predicted octanol–water partition coefficient (Wildman–Crippen LogP) is 0.864. The van der Waals surface area contributed by atoms with Crippen molar-refractivity contribution in [2.75, 3.05) is 19.6 Å². The zero-order chi connectivity index (χ0) is 14.5. The summed E-state index contributed by atoms with van der Waals surface area (Å²) in [4.78, 5) is 25.6. The number of urea groups is 1. The van der Waals surface area contributed by atoms with Crippen molar-refractivity contribution in [3.05, 3.63) is 0 Å². The molecule has 1 aliphatic carbocycles. The van der Waals surface area contributed by atoms with Crippen LogP contribution in [0.2, 0.25) is 0 Å². The maximum absolute atomic E-state index is 11.9. The molecule has 2 aliphatic rings. The molecule has 114 valence electrons. The molecule has 2 N–H and O–H groups in total. The molecule has 0 bridgehead atoms. The van der Waals surface area contributed by atoms with Gasteiger partial charge in [-0.15, -0.1) is 0 Å². The molecule has 0 radical (unpaired) electrons. The van der Waals surface area contributed by atoms with Crippen molar-refractivity contribution in [1.29, 1.82) is 0 Å². The molecule has 1 saturated heterocycles. The smallest absolute Gasteiger partial charge is 0.321 e. The summed E-state index contributed by atoms with van der Waals surface area (Å²) in [7, 11) is 0. The summed E-state index contributed by atoms with van der Waals surface area (Å²) in [6.45, 7) is 5.68. The van der Waals surface area contributed by atoms with Gasteiger partial charge in [-0.25, -0.2) is 4.79 Å². The van der Waals surface area contributed by atoms with Crippen LogP contribution < -0.4 is 10.6 Å². The van der Waals surface area contributed by atoms with Gasteiger partial charge < -0.3 is 10.1 Å². The first-order valence-electron chi connectivity index (χ1n) is 7.51. The molecule has 3 amide bonds. The van der Waals surface area contributed by atoms with Crippen molar-refractivity contribution in [3.8, 4) is 0 Å². The van der Waals surface area contributed by atoms with Crippen molar-refractivity contribution in [1.82, 2.24) is 15.5 Å². The largest absolute Gasteiger partial charge is 0.373 e. The van der Waals surface area contributed by atoms with E-state index in [1.165, 1.54) is 0 Å². The van der Waals surface area contributed by atoms with Gasteiger partial charge in [0.2, 0.25) is 5.91 Å². The normalized spacial score (nSPS) is 28.3. The monoisotopic (exact) mass is 283 g/mol. The second kappa shape index (κ2) is 7.04. The van der Waals surface area contributed by atoms with E-state index >= 15 is 0 Å². The summed E-state index contributed by atoms with van der Waals surface area (Å²) < 4.78 is 5.62. The summed E-state index contributed by atoms with van der Waals surface area (Å²) in [5, 5.41) is 5.26. The van der Waals surface area contributed by atoms with Crippen LogP contribution in [0.1, 0.15) is 39.5 Å². The fourth-order valence-corrected chi connectivity index (χ4v) is 3.07. The molecule has 1 heterocycles. The zero-order valence-electron chi connectivity index (χ0n) is 12.4. The van der Waals surface area contributed by atoms with Gasteiger partial charge >= 0.3 is 6.03 Å². The molecule has 0 aromatic heterocycles. The van der Waals surface area contributed by atoms with Crippen LogP contribution >= 0.6 is 0 Å². The molecule has 0 aromatic rings. The average molecular weight is 283 g/mol. The Balaban J connectivity index is 1.70. The topological polar surface area (TPSA) is 70.7 Å². The van der Waals surface area contributed by atoms with E-state index in [1.54, 1.807) is 0 Å². The third kappa shape index (κ3) is 4.76. The van der Waals surface area contributed by atoms with Crippen LogP contribution in [0.4, 0.5) is 4.79 Å². The van der Waals surface area contributed by atoms with E-state index in [2.05, 4.69) is 10.6 Å². The number of rotatable bonds is 3. The SMILES string of the molecule is C[C@@H]1CN(CC(=O)NC(=O)NC2CCCC2)C[C@@H](C)O1. The minimum absolute atomic E-state index is 0.124. The van der Waals surface area contributed by atoms with E-state index in [9.17, 15) is 9.59 Å². The van der Waals surface area contributed by atoms with Gasteiger partial charge in [0.25, 0.3) is 0 Å². The Bertz CT molecular complexity index is 346. The number of nitrogens with zero attached hydrogens (tertiary/aromatic N) is 1. The lowest BCUT2D eigenvalue weighted by Gasteiger charge is -2.34. The number of morpholine rings is 1. The number of hydrogen-bond donors (Lipinski definition) is 2. The van der Waals surface area contributed by atoms with E-state index in [0.29, 0.717) is 0 Å². The Morgan fingerprint density at radius 1 is 1.15 bits per heavy atom. The average Bonchev–Trinajstić information content (AvgIpc) is 2.79. The minimum Gasteiger partial charge on any atom is -0.373 e. The highest BCUT2D eigenvalue weighted by molar-refractivity contribution is 5.95. The lowest BCUT2D eigenvalue weighted by Crippen LogP contribution is -2.51. The Hall–Kier alpha value is -1.14. The van der Waals surface area contributed by atoms with Gasteiger partial charge in [-0.1, -0.05) is 12.8 Å². The summed E-state index contributed by atoms with van der Waals surface area (Å²) in [5.41, 5.74) is 0. The zero-order valence-corrected chi connectivity index (χ0v) is 12.4. The van der Waals surface area contributed by atoms with Gasteiger partial charge in [0.05, 0.1) is 18.8 Å². The van der Waals surface area contributed by atoms with Crippen LogP contribution in [-0.4, -0.2) is 54.7 Å². The number of nitrogens with one attached hydrogen (secondary N) is 2. The molecule has 2 atom stereocenters. The molecule has 2 rings (SSSR count). The van der Waals surface area contributed by atoms with Crippen LogP contribution in [-0.2, 0) is 9.53 Å². The summed E-state index contributed by atoms with van der Waals surface area (Å²) in [5.74, 6) is -0.248. The third-order valence-corrected chi connectivity index (χ3v) is 3.81. The molecule has 6 heteroatoms. The van der Waals surface area contributed by atoms with Crippen molar-refractivity contribution < 1.29 is 14.3 Å². The highest BCUT2D eigenvalue weighted by Gasteiger charge is 2.24. The lowest BCUT2D eigenvalue weighted by molar-refractivity contribution is -0.124. The number of hydrogen-bond acceptors (Lipinski definition) is 4. The quantitative estimate of drug-likeness (QED) is 0.806. The first-order valence-corrected chi connectivity index (χ1v) is 7.51. The van der Waals surface area contributed by atoms with Crippen molar-refractivity contribution in [3.63, 3.8) is 0 Å². The van der Waals surface area contributed by atoms with Gasteiger partial charge in [-0.3, -0.25) is 15.0 Å². The Kier molecular flexibility index (Phi) is 5.37. The van der Waals surface area contributed by atoms with Crippen LogP contribution in [0, 0.1) is 0 Å². The Morgan fingerprint density at radius 2 is 1.75 bits per heavy atom. The first-order chi connectivity index (χ1) is 9.52. The standard InChI is InChI=1S/C14H25N3O3/c1-10-7-17(8-11(2)20-10)9-13(18)16-14(19)15-12-5-3-4-6-12/h10-12H,3-9H2,1-2H3,(H2,15,16,18,19)/t10-,11-/m1/s1. The van der Waals surface area contributed by atoms with Crippen LogP contribution in [0.3, 0.4) is 0 Å². The number of amides is 3. The fourth-order valence-electron chi connectivity index (χ4n) is 3.07. The van der Waals surface area contributed by atoms with Crippen LogP contribution in [0.25, 0.3) is 0 Å². The molecule has 0 unspecified atom stereocenters. The molecular weight excluding hydrogens is 258 g/mol. The Labute approximate surface area is 120 Å². The fraction of sp³-hybridized carbons (Fsp3) is 0.857. The van der Waals surface area contributed by atoms with E-state index < -0.39 is 0 Å². The maximum Gasteiger partial charge on any atom is 0.321 e. The lowest BCUT2D eigenvalue weighted by atomic mass is 10.2. The second-order valence-corrected chi connectivity index (χ2v) is 5.95. The molecule has 2 fully saturated rings. The van der Waals surface area contributed by atoms with Crippen molar-refractivity contribution in [2.24, 2.45) is 0 Å². The van der Waals surface area contributed by atoms with Gasteiger partial charge in [-0.2, -0.15) is 0 Å². The molecular formula is C14H25N3O3. The third-order valence-electron chi connectivity index (χ3n) is 3.81. The van der Waals surface area contributed by atoms with Crippen molar-refractivity contribution >= 4 is 11.9 Å². The molecule has 20 heavy (non-hydrogen) atoms.